The zero-order valence-corrected chi connectivity index (χ0v) is 10.00. The number of aromatic nitrogens is 1. The van der Waals surface area contributed by atoms with Crippen molar-refractivity contribution in [1.29, 1.82) is 0 Å². The van der Waals surface area contributed by atoms with Gasteiger partial charge < -0.3 is 15.1 Å². The number of aliphatic hydroxyl groups is 1. The number of hydrogen-bond acceptors (Lipinski definition) is 4. The van der Waals surface area contributed by atoms with Crippen LogP contribution in [0.2, 0.25) is 0 Å². The molecule has 1 heterocycles. The standard InChI is InChI=1S/C13H14N2O3/c1-15(7-8-16)12-10-3-2-4-11(13(17)18)9(10)5-6-14-12/h2-6,16H,7-8H2,1H3,(H,17,18). The van der Waals surface area contributed by atoms with Crippen LogP contribution in [0.3, 0.4) is 0 Å². The van der Waals surface area contributed by atoms with Crippen molar-refractivity contribution < 1.29 is 15.0 Å². The van der Waals surface area contributed by atoms with Crippen LogP contribution < -0.4 is 4.90 Å². The van der Waals surface area contributed by atoms with Crippen LogP contribution in [-0.2, 0) is 0 Å². The Hall–Kier alpha value is -2.14. The summed E-state index contributed by atoms with van der Waals surface area (Å²) in [6.07, 6.45) is 1.58. The molecule has 5 heteroatoms. The molecule has 2 N–H and O–H groups in total. The first-order valence-corrected chi connectivity index (χ1v) is 5.58. The SMILES string of the molecule is CN(CCO)c1nccc2c(C(=O)O)cccc12. The molecule has 0 aliphatic heterocycles. The third-order valence-electron chi connectivity index (χ3n) is 2.81. The highest BCUT2D eigenvalue weighted by molar-refractivity contribution is 6.06. The van der Waals surface area contributed by atoms with Crippen molar-refractivity contribution in [3.05, 3.63) is 36.0 Å². The molecule has 0 fully saturated rings. The maximum absolute atomic E-state index is 11.1. The Labute approximate surface area is 104 Å². The largest absolute Gasteiger partial charge is 0.478 e. The quantitative estimate of drug-likeness (QED) is 0.852. The fourth-order valence-electron chi connectivity index (χ4n) is 1.94. The van der Waals surface area contributed by atoms with Crippen LogP contribution in [0.25, 0.3) is 10.8 Å². The highest BCUT2D eigenvalue weighted by atomic mass is 16.4. The Balaban J connectivity index is 2.63. The van der Waals surface area contributed by atoms with Gasteiger partial charge in [0.15, 0.2) is 0 Å². The van der Waals surface area contributed by atoms with E-state index < -0.39 is 5.97 Å². The molecule has 1 aromatic heterocycles. The fraction of sp³-hybridized carbons (Fsp3) is 0.231. The van der Waals surface area contributed by atoms with Gasteiger partial charge in [-0.2, -0.15) is 0 Å². The normalized spacial score (nSPS) is 10.6. The number of hydrogen-bond donors (Lipinski definition) is 2. The summed E-state index contributed by atoms with van der Waals surface area (Å²) in [5, 5.41) is 19.5. The minimum absolute atomic E-state index is 0.0210. The van der Waals surface area contributed by atoms with Crippen molar-refractivity contribution in [1.82, 2.24) is 4.98 Å². The third kappa shape index (κ3) is 2.12. The fourth-order valence-corrected chi connectivity index (χ4v) is 1.94. The second kappa shape index (κ2) is 5.01. The summed E-state index contributed by atoms with van der Waals surface area (Å²) in [7, 11) is 1.81. The van der Waals surface area contributed by atoms with E-state index in [2.05, 4.69) is 4.98 Å². The van der Waals surface area contributed by atoms with Crippen LogP contribution in [0.5, 0.6) is 0 Å². The Morgan fingerprint density at radius 1 is 1.33 bits per heavy atom. The molecule has 0 saturated carbocycles. The molecule has 0 aliphatic carbocycles. The number of benzene rings is 1. The van der Waals surface area contributed by atoms with Gasteiger partial charge in [0.25, 0.3) is 0 Å². The highest BCUT2D eigenvalue weighted by Crippen LogP contribution is 2.26. The molecule has 1 aromatic carbocycles. The molecule has 18 heavy (non-hydrogen) atoms. The molecular weight excluding hydrogens is 232 g/mol. The number of fused-ring (bicyclic) bond motifs is 1. The number of carboxylic acid groups (broad SMARTS) is 1. The molecule has 0 amide bonds. The lowest BCUT2D eigenvalue weighted by Gasteiger charge is -2.18. The molecular formula is C13H14N2O3. The maximum atomic E-state index is 11.1. The van der Waals surface area contributed by atoms with E-state index in [1.165, 1.54) is 0 Å². The van der Waals surface area contributed by atoms with E-state index >= 15 is 0 Å². The van der Waals surface area contributed by atoms with Crippen LogP contribution in [0.15, 0.2) is 30.5 Å². The molecule has 0 bridgehead atoms. The number of nitrogens with zero attached hydrogens (tertiary/aromatic N) is 2. The third-order valence-corrected chi connectivity index (χ3v) is 2.81. The summed E-state index contributed by atoms with van der Waals surface area (Å²) in [5.41, 5.74) is 0.258. The van der Waals surface area contributed by atoms with Crippen LogP contribution in [0.4, 0.5) is 5.82 Å². The van der Waals surface area contributed by atoms with Crippen molar-refractivity contribution >= 4 is 22.6 Å². The lowest BCUT2D eigenvalue weighted by Crippen LogP contribution is -2.22. The average molecular weight is 246 g/mol. The number of pyridine rings is 1. The number of anilines is 1. The van der Waals surface area contributed by atoms with Gasteiger partial charge in [0.05, 0.1) is 12.2 Å². The van der Waals surface area contributed by atoms with E-state index in [9.17, 15) is 4.79 Å². The molecule has 0 unspecified atom stereocenters. The number of carboxylic acids is 1. The molecule has 2 aromatic rings. The number of rotatable bonds is 4. The summed E-state index contributed by atoms with van der Waals surface area (Å²) in [4.78, 5) is 17.2. The van der Waals surface area contributed by atoms with Crippen LogP contribution >= 0.6 is 0 Å². The zero-order chi connectivity index (χ0) is 13.1. The summed E-state index contributed by atoms with van der Waals surface area (Å²) in [5.74, 6) is -0.285. The van der Waals surface area contributed by atoms with E-state index in [0.29, 0.717) is 17.7 Å². The average Bonchev–Trinajstić information content (AvgIpc) is 2.37. The van der Waals surface area contributed by atoms with Crippen molar-refractivity contribution in [2.45, 2.75) is 0 Å². The zero-order valence-electron chi connectivity index (χ0n) is 10.00. The van der Waals surface area contributed by atoms with Crippen LogP contribution in [0.1, 0.15) is 10.4 Å². The number of carbonyl (C=O) groups is 1. The summed E-state index contributed by atoms with van der Waals surface area (Å²) < 4.78 is 0. The number of likely N-dealkylation sites (N-methyl/N-ethyl adjacent to an activating group) is 1. The summed E-state index contributed by atoms with van der Waals surface area (Å²) in [6, 6.07) is 6.79. The van der Waals surface area contributed by atoms with Gasteiger partial charge in [-0.05, 0) is 12.1 Å². The van der Waals surface area contributed by atoms with Crippen LogP contribution in [-0.4, -0.2) is 41.4 Å². The lowest BCUT2D eigenvalue weighted by atomic mass is 10.1. The van der Waals surface area contributed by atoms with Gasteiger partial charge in [0, 0.05) is 30.6 Å². The van der Waals surface area contributed by atoms with Crippen molar-refractivity contribution in [2.75, 3.05) is 25.1 Å². The predicted molar refractivity (Wildman–Crippen MR) is 69.1 cm³/mol. The smallest absolute Gasteiger partial charge is 0.336 e. The minimum atomic E-state index is -0.956. The molecule has 0 spiro atoms. The topological polar surface area (TPSA) is 73.7 Å². The van der Waals surface area contributed by atoms with E-state index in [1.54, 1.807) is 29.3 Å². The minimum Gasteiger partial charge on any atom is -0.478 e. The second-order valence-corrected chi connectivity index (χ2v) is 3.99. The maximum Gasteiger partial charge on any atom is 0.336 e. The second-order valence-electron chi connectivity index (χ2n) is 3.99. The highest BCUT2D eigenvalue weighted by Gasteiger charge is 2.12. The first-order valence-electron chi connectivity index (χ1n) is 5.58. The summed E-state index contributed by atoms with van der Waals surface area (Å²) >= 11 is 0. The van der Waals surface area contributed by atoms with Gasteiger partial charge in [-0.1, -0.05) is 12.1 Å². The van der Waals surface area contributed by atoms with Crippen LogP contribution in [0, 0.1) is 0 Å². The first kappa shape index (κ1) is 12.3. The Kier molecular flexibility index (Phi) is 3.43. The molecule has 94 valence electrons. The Morgan fingerprint density at radius 3 is 2.78 bits per heavy atom. The van der Waals surface area contributed by atoms with Crippen molar-refractivity contribution in [3.63, 3.8) is 0 Å². The van der Waals surface area contributed by atoms with Gasteiger partial charge in [0.2, 0.25) is 0 Å². The Bertz CT molecular complexity index is 583. The molecule has 0 atom stereocenters. The number of aliphatic hydroxyl groups excluding tert-OH is 1. The molecule has 0 aliphatic rings. The first-order chi connectivity index (χ1) is 8.65. The lowest BCUT2D eigenvalue weighted by molar-refractivity contribution is 0.0699. The van der Waals surface area contributed by atoms with Crippen molar-refractivity contribution in [3.8, 4) is 0 Å². The van der Waals surface area contributed by atoms with E-state index in [4.69, 9.17) is 10.2 Å². The molecule has 5 nitrogen and oxygen atoms in total. The van der Waals surface area contributed by atoms with Gasteiger partial charge in [-0.3, -0.25) is 0 Å². The van der Waals surface area contributed by atoms with Gasteiger partial charge in [-0.15, -0.1) is 0 Å². The molecule has 0 saturated heterocycles. The summed E-state index contributed by atoms with van der Waals surface area (Å²) in [6.45, 7) is 0.469. The van der Waals surface area contributed by atoms with E-state index in [1.807, 2.05) is 13.1 Å². The predicted octanol–water partition coefficient (Wildman–Crippen LogP) is 1.36. The monoisotopic (exact) mass is 246 g/mol. The van der Waals surface area contributed by atoms with Gasteiger partial charge >= 0.3 is 5.97 Å². The van der Waals surface area contributed by atoms with Crippen molar-refractivity contribution in [2.24, 2.45) is 0 Å². The molecule has 0 radical (unpaired) electrons. The van der Waals surface area contributed by atoms with E-state index in [-0.39, 0.29) is 12.2 Å². The molecule has 2 rings (SSSR count). The number of aromatic carboxylic acids is 1. The van der Waals surface area contributed by atoms with E-state index in [0.717, 1.165) is 5.39 Å². The van der Waals surface area contributed by atoms with Gasteiger partial charge in [-0.25, -0.2) is 9.78 Å². The van der Waals surface area contributed by atoms with Gasteiger partial charge in [0.1, 0.15) is 5.82 Å². The Morgan fingerprint density at radius 2 is 2.11 bits per heavy atom.